The van der Waals surface area contributed by atoms with Gasteiger partial charge in [0.05, 0.1) is 18.4 Å². The summed E-state index contributed by atoms with van der Waals surface area (Å²) in [6.45, 7) is -0.263. The average Bonchev–Trinajstić information content (AvgIpc) is 2.42. The highest BCUT2D eigenvalue weighted by atomic mass is 16.6. The Hall–Kier alpha value is -2.57. The Morgan fingerprint density at radius 1 is 0.950 bits per heavy atom. The molecule has 0 radical (unpaired) electrons. The van der Waals surface area contributed by atoms with Crippen molar-refractivity contribution >= 4 is 17.9 Å². The second-order valence-electron chi connectivity index (χ2n) is 3.80. The monoisotopic (exact) mass is 282 g/mol. The zero-order valence-electron chi connectivity index (χ0n) is 10.6. The number of phenolic OH excluding ortho intramolecular Hbond substituents is 1. The van der Waals surface area contributed by atoms with E-state index in [1.807, 2.05) is 0 Å². The van der Waals surface area contributed by atoms with Crippen LogP contribution in [0.4, 0.5) is 0 Å². The van der Waals surface area contributed by atoms with Crippen molar-refractivity contribution in [1.82, 2.24) is 0 Å². The van der Waals surface area contributed by atoms with Gasteiger partial charge in [0.1, 0.15) is 19.0 Å². The SMILES string of the molecule is O=C(O)CCC(=O)OCCOC(=O)c1ccc(O)cc1. The van der Waals surface area contributed by atoms with E-state index in [2.05, 4.69) is 4.74 Å². The number of aliphatic carboxylic acids is 1. The van der Waals surface area contributed by atoms with Crippen LogP contribution >= 0.6 is 0 Å². The molecule has 0 saturated heterocycles. The molecule has 108 valence electrons. The third kappa shape index (κ3) is 5.85. The lowest BCUT2D eigenvalue weighted by atomic mass is 10.2. The van der Waals surface area contributed by atoms with Crippen molar-refractivity contribution in [3.63, 3.8) is 0 Å². The molecule has 1 aromatic rings. The summed E-state index contributed by atoms with van der Waals surface area (Å²) in [5.74, 6) is -2.31. The van der Waals surface area contributed by atoms with Crippen molar-refractivity contribution in [2.24, 2.45) is 0 Å². The van der Waals surface area contributed by atoms with E-state index < -0.39 is 17.9 Å². The van der Waals surface area contributed by atoms with Gasteiger partial charge in [0, 0.05) is 0 Å². The summed E-state index contributed by atoms with van der Waals surface area (Å²) < 4.78 is 9.51. The van der Waals surface area contributed by atoms with Gasteiger partial charge in [0.2, 0.25) is 0 Å². The van der Waals surface area contributed by atoms with Crippen molar-refractivity contribution in [2.45, 2.75) is 12.8 Å². The lowest BCUT2D eigenvalue weighted by Crippen LogP contribution is -2.14. The van der Waals surface area contributed by atoms with E-state index in [1.54, 1.807) is 0 Å². The van der Waals surface area contributed by atoms with Crippen LogP contribution in [0.25, 0.3) is 0 Å². The lowest BCUT2D eigenvalue weighted by molar-refractivity contribution is -0.148. The van der Waals surface area contributed by atoms with Gasteiger partial charge in [-0.05, 0) is 24.3 Å². The van der Waals surface area contributed by atoms with Gasteiger partial charge >= 0.3 is 17.9 Å². The molecule has 0 saturated carbocycles. The second-order valence-corrected chi connectivity index (χ2v) is 3.80. The molecule has 0 bridgehead atoms. The molecule has 0 fully saturated rings. The van der Waals surface area contributed by atoms with Crippen LogP contribution in [0.5, 0.6) is 5.75 Å². The molecule has 0 spiro atoms. The smallest absolute Gasteiger partial charge is 0.338 e. The molecule has 1 rings (SSSR count). The largest absolute Gasteiger partial charge is 0.508 e. The van der Waals surface area contributed by atoms with Gasteiger partial charge in [-0.1, -0.05) is 0 Å². The molecule has 20 heavy (non-hydrogen) atoms. The summed E-state index contributed by atoms with van der Waals surface area (Å²) in [7, 11) is 0. The first kappa shape index (κ1) is 15.5. The van der Waals surface area contributed by atoms with Crippen molar-refractivity contribution in [1.29, 1.82) is 0 Å². The third-order valence-corrected chi connectivity index (χ3v) is 2.23. The summed E-state index contributed by atoms with van der Waals surface area (Å²) in [5, 5.41) is 17.4. The van der Waals surface area contributed by atoms with Crippen LogP contribution in [0.2, 0.25) is 0 Å². The molecule has 0 unspecified atom stereocenters. The normalized spacial score (nSPS) is 9.80. The number of hydrogen-bond acceptors (Lipinski definition) is 6. The molecule has 0 aromatic heterocycles. The van der Waals surface area contributed by atoms with Gasteiger partial charge in [0.25, 0.3) is 0 Å². The number of hydrogen-bond donors (Lipinski definition) is 2. The van der Waals surface area contributed by atoms with Crippen LogP contribution in [-0.2, 0) is 19.1 Å². The highest BCUT2D eigenvalue weighted by Crippen LogP contribution is 2.10. The van der Waals surface area contributed by atoms with Gasteiger partial charge in [-0.2, -0.15) is 0 Å². The average molecular weight is 282 g/mol. The van der Waals surface area contributed by atoms with Crippen LogP contribution in [0.1, 0.15) is 23.2 Å². The molecular weight excluding hydrogens is 268 g/mol. The van der Waals surface area contributed by atoms with Gasteiger partial charge in [-0.25, -0.2) is 4.79 Å². The van der Waals surface area contributed by atoms with Crippen LogP contribution in [0.3, 0.4) is 0 Å². The Kier molecular flexibility index (Phi) is 6.02. The zero-order chi connectivity index (χ0) is 15.0. The van der Waals surface area contributed by atoms with Crippen LogP contribution in [0, 0.1) is 0 Å². The summed E-state index contributed by atoms with van der Waals surface area (Å²) >= 11 is 0. The molecule has 0 aliphatic heterocycles. The summed E-state index contributed by atoms with van der Waals surface area (Å²) in [6, 6.07) is 5.50. The summed E-state index contributed by atoms with van der Waals surface area (Å²) in [5.41, 5.74) is 0.264. The van der Waals surface area contributed by atoms with Crippen molar-refractivity contribution in [3.05, 3.63) is 29.8 Å². The van der Waals surface area contributed by atoms with Crippen molar-refractivity contribution < 1.29 is 34.1 Å². The maximum absolute atomic E-state index is 11.5. The highest BCUT2D eigenvalue weighted by Gasteiger charge is 2.09. The van der Waals surface area contributed by atoms with Crippen LogP contribution in [-0.4, -0.2) is 41.3 Å². The number of phenols is 1. The predicted molar refractivity (Wildman–Crippen MR) is 66.2 cm³/mol. The number of aromatic hydroxyl groups is 1. The van der Waals surface area contributed by atoms with Crippen molar-refractivity contribution in [2.75, 3.05) is 13.2 Å². The second kappa shape index (κ2) is 7.78. The minimum absolute atomic E-state index is 0.0360. The Bertz CT molecular complexity index is 478. The fourth-order valence-electron chi connectivity index (χ4n) is 1.25. The molecule has 7 heteroatoms. The predicted octanol–water partition coefficient (Wildman–Crippen LogP) is 0.957. The van der Waals surface area contributed by atoms with E-state index in [4.69, 9.17) is 14.9 Å². The third-order valence-electron chi connectivity index (χ3n) is 2.23. The van der Waals surface area contributed by atoms with Gasteiger partial charge < -0.3 is 19.7 Å². The number of carboxylic acid groups (broad SMARTS) is 1. The molecular formula is C13H14O7. The van der Waals surface area contributed by atoms with E-state index in [-0.39, 0.29) is 37.4 Å². The fourth-order valence-corrected chi connectivity index (χ4v) is 1.25. The van der Waals surface area contributed by atoms with E-state index in [0.717, 1.165) is 0 Å². The number of ether oxygens (including phenoxy) is 2. The first-order chi connectivity index (χ1) is 9.49. The fraction of sp³-hybridized carbons (Fsp3) is 0.308. The number of esters is 2. The Labute approximate surface area is 114 Å². The van der Waals surface area contributed by atoms with E-state index in [9.17, 15) is 14.4 Å². The van der Waals surface area contributed by atoms with Crippen molar-refractivity contribution in [3.8, 4) is 5.75 Å². The molecule has 0 heterocycles. The lowest BCUT2D eigenvalue weighted by Gasteiger charge is -2.06. The zero-order valence-corrected chi connectivity index (χ0v) is 10.6. The summed E-state index contributed by atoms with van der Waals surface area (Å²) in [4.78, 5) is 32.7. The minimum Gasteiger partial charge on any atom is -0.508 e. The maximum Gasteiger partial charge on any atom is 0.338 e. The molecule has 0 aliphatic rings. The molecule has 1 aromatic carbocycles. The molecule has 0 atom stereocenters. The first-order valence-corrected chi connectivity index (χ1v) is 5.82. The topological polar surface area (TPSA) is 110 Å². The maximum atomic E-state index is 11.5. The summed E-state index contributed by atoms with van der Waals surface area (Å²) in [6.07, 6.45) is -0.520. The molecule has 7 nitrogen and oxygen atoms in total. The van der Waals surface area contributed by atoms with Gasteiger partial charge in [0.15, 0.2) is 0 Å². The first-order valence-electron chi connectivity index (χ1n) is 5.82. The standard InChI is InChI=1S/C13H14O7/c14-10-3-1-9(2-4-10)13(18)20-8-7-19-12(17)6-5-11(15)16/h1-4,14H,5-8H2,(H,15,16). The van der Waals surface area contributed by atoms with Gasteiger partial charge in [-0.15, -0.1) is 0 Å². The minimum atomic E-state index is -1.08. The number of carbonyl (C=O) groups excluding carboxylic acids is 2. The van der Waals surface area contributed by atoms with E-state index in [0.29, 0.717) is 0 Å². The van der Waals surface area contributed by atoms with E-state index in [1.165, 1.54) is 24.3 Å². The highest BCUT2D eigenvalue weighted by molar-refractivity contribution is 5.89. The molecule has 0 amide bonds. The van der Waals surface area contributed by atoms with E-state index >= 15 is 0 Å². The van der Waals surface area contributed by atoms with Gasteiger partial charge in [-0.3, -0.25) is 9.59 Å². The number of rotatable bonds is 7. The Morgan fingerprint density at radius 2 is 1.55 bits per heavy atom. The Morgan fingerprint density at radius 3 is 2.15 bits per heavy atom. The van der Waals surface area contributed by atoms with Crippen LogP contribution in [0.15, 0.2) is 24.3 Å². The van der Waals surface area contributed by atoms with Crippen LogP contribution < -0.4 is 0 Å². The number of carboxylic acids is 1. The molecule has 2 N–H and O–H groups in total. The Balaban J connectivity index is 2.20. The number of carbonyl (C=O) groups is 3. The molecule has 0 aliphatic carbocycles. The number of benzene rings is 1. The quantitative estimate of drug-likeness (QED) is 0.566.